The fourth-order valence-corrected chi connectivity index (χ4v) is 6.12. The maximum Gasteiger partial charge on any atom is 0.277 e. The highest BCUT2D eigenvalue weighted by Gasteiger charge is 2.36. The lowest BCUT2D eigenvalue weighted by Gasteiger charge is -2.43. The number of hydrogen-bond acceptors (Lipinski definition) is 12. The van der Waals surface area contributed by atoms with Crippen molar-refractivity contribution in [1.29, 1.82) is 5.26 Å². The number of aromatic nitrogens is 3. The Hall–Kier alpha value is -5.04. The minimum absolute atomic E-state index is 0.0941. The summed E-state index contributed by atoms with van der Waals surface area (Å²) >= 11 is 0. The molecule has 3 aromatic rings. The SMILES string of the molecule is CN1C=C(C(=O)N2CCC(Oc3ccc(-c4ncnc(Nc5ccc(N6CCN(C7COC7)CC6)cc5)n4)cc3C#N)C(F)C2)N[NH2+]1. The monoisotopic (exact) mass is 642 g/mol. The van der Waals surface area contributed by atoms with Crippen LogP contribution in [-0.2, 0) is 9.53 Å². The van der Waals surface area contributed by atoms with Crippen molar-refractivity contribution in [2.45, 2.75) is 24.7 Å². The van der Waals surface area contributed by atoms with Crippen LogP contribution < -0.4 is 25.9 Å². The number of halogens is 1. The number of quaternary nitrogens is 1. The number of nitrogens with two attached hydrogens (primary N) is 1. The van der Waals surface area contributed by atoms with Gasteiger partial charge in [0.25, 0.3) is 5.91 Å². The van der Waals surface area contributed by atoms with Gasteiger partial charge in [-0.3, -0.25) is 9.69 Å². The number of nitriles is 1. The summed E-state index contributed by atoms with van der Waals surface area (Å²) in [6, 6.07) is 15.9. The number of piperazine rings is 1. The van der Waals surface area contributed by atoms with E-state index < -0.39 is 12.3 Å². The van der Waals surface area contributed by atoms with Gasteiger partial charge in [-0.05, 0) is 42.5 Å². The minimum atomic E-state index is -1.41. The zero-order valence-corrected chi connectivity index (χ0v) is 26.0. The van der Waals surface area contributed by atoms with Crippen LogP contribution >= 0.6 is 0 Å². The predicted octanol–water partition coefficient (Wildman–Crippen LogP) is 0.762. The van der Waals surface area contributed by atoms with Gasteiger partial charge in [0.05, 0.1) is 44.6 Å². The summed E-state index contributed by atoms with van der Waals surface area (Å²) in [5.41, 5.74) is 7.80. The number of amides is 1. The average Bonchev–Trinajstić information content (AvgIpc) is 3.51. The van der Waals surface area contributed by atoms with Crippen molar-refractivity contribution in [3.05, 3.63) is 66.3 Å². The minimum Gasteiger partial charge on any atom is -0.486 e. The number of piperidine rings is 1. The Balaban J connectivity index is 0.960. The van der Waals surface area contributed by atoms with Gasteiger partial charge in [0, 0.05) is 56.1 Å². The lowest BCUT2D eigenvalue weighted by Crippen LogP contribution is -2.96. The number of carbonyl (C=O) groups excluding carboxylic acids is 1. The molecular weight excluding hydrogens is 605 g/mol. The van der Waals surface area contributed by atoms with E-state index in [1.807, 2.05) is 12.1 Å². The first kappa shape index (κ1) is 30.6. The Labute approximate surface area is 271 Å². The molecule has 2 aromatic carbocycles. The molecule has 7 rings (SSSR count). The molecule has 47 heavy (non-hydrogen) atoms. The summed E-state index contributed by atoms with van der Waals surface area (Å²) in [6.45, 7) is 5.97. The van der Waals surface area contributed by atoms with Gasteiger partial charge in [0.2, 0.25) is 5.95 Å². The van der Waals surface area contributed by atoms with Crippen LogP contribution in [0.4, 0.5) is 21.7 Å². The average molecular weight is 643 g/mol. The molecule has 4 N–H and O–H groups in total. The molecule has 1 amide bonds. The molecule has 0 spiro atoms. The molecular formula is C32H37FN11O3+. The summed E-state index contributed by atoms with van der Waals surface area (Å²) in [7, 11) is 1.80. The van der Waals surface area contributed by atoms with Gasteiger partial charge in [-0.15, -0.1) is 5.53 Å². The molecule has 3 fully saturated rings. The topological polar surface area (TPSA) is 152 Å². The number of carbonyl (C=O) groups is 1. The number of anilines is 3. The molecule has 0 saturated carbocycles. The maximum absolute atomic E-state index is 15.2. The van der Waals surface area contributed by atoms with Crippen LogP contribution in [0.25, 0.3) is 11.4 Å². The van der Waals surface area contributed by atoms with Crippen LogP contribution in [0.1, 0.15) is 12.0 Å². The van der Waals surface area contributed by atoms with E-state index in [9.17, 15) is 10.1 Å². The lowest BCUT2D eigenvalue weighted by molar-refractivity contribution is -0.818. The van der Waals surface area contributed by atoms with E-state index in [2.05, 4.69) is 53.7 Å². The quantitative estimate of drug-likeness (QED) is 0.298. The van der Waals surface area contributed by atoms with E-state index in [-0.39, 0.29) is 23.8 Å². The molecule has 2 unspecified atom stereocenters. The number of likely N-dealkylation sites (tertiary alicyclic amines) is 1. The van der Waals surface area contributed by atoms with Crippen LogP contribution in [0, 0.1) is 11.3 Å². The first-order chi connectivity index (χ1) is 22.9. The van der Waals surface area contributed by atoms with E-state index in [1.165, 1.54) is 16.9 Å². The molecule has 3 saturated heterocycles. The van der Waals surface area contributed by atoms with Crippen molar-refractivity contribution in [3.63, 3.8) is 0 Å². The fraction of sp³-hybridized carbons (Fsp3) is 0.406. The summed E-state index contributed by atoms with van der Waals surface area (Å²) in [6.07, 6.45) is 1.17. The molecule has 5 heterocycles. The van der Waals surface area contributed by atoms with Gasteiger partial charge in [-0.2, -0.15) is 10.2 Å². The van der Waals surface area contributed by atoms with E-state index in [0.717, 1.165) is 45.1 Å². The molecule has 0 bridgehead atoms. The standard InChI is InChI=1S/C32H36FN11O3/c1-41-17-27(39-40-41)31(45)44-9-8-29(26(33)16-44)47-28-7-2-21(14-22(28)15-34)30-35-20-36-32(38-30)37-23-3-5-24(6-4-23)42-10-12-43(13-11-42)25-18-46-19-25/h2-7,14,17,20,25-26,29,39-40H,8-13,16,18-19H2,1H3,(H,35,36,37,38)/p+1. The van der Waals surface area contributed by atoms with Crippen LogP contribution in [0.3, 0.4) is 0 Å². The van der Waals surface area contributed by atoms with Crippen molar-refractivity contribution >= 4 is 23.2 Å². The van der Waals surface area contributed by atoms with Gasteiger partial charge >= 0.3 is 0 Å². The number of nitrogens with one attached hydrogen (secondary N) is 2. The Morgan fingerprint density at radius 2 is 1.94 bits per heavy atom. The third-order valence-electron chi connectivity index (χ3n) is 8.90. The van der Waals surface area contributed by atoms with Crippen molar-refractivity contribution in [2.24, 2.45) is 0 Å². The highest BCUT2D eigenvalue weighted by molar-refractivity contribution is 5.92. The zero-order valence-electron chi connectivity index (χ0n) is 26.0. The van der Waals surface area contributed by atoms with E-state index in [0.29, 0.717) is 42.0 Å². The maximum atomic E-state index is 15.2. The predicted molar refractivity (Wildman–Crippen MR) is 170 cm³/mol. The third kappa shape index (κ3) is 6.75. The Bertz CT molecular complexity index is 1670. The van der Waals surface area contributed by atoms with Crippen LogP contribution in [0.15, 0.2) is 60.7 Å². The summed E-state index contributed by atoms with van der Waals surface area (Å²) in [5.74, 6) is 0.755. The second-order valence-corrected chi connectivity index (χ2v) is 12.0. The number of rotatable bonds is 8. The van der Waals surface area contributed by atoms with Gasteiger partial charge in [0.15, 0.2) is 17.7 Å². The van der Waals surface area contributed by atoms with Crippen molar-refractivity contribution < 1.29 is 24.2 Å². The number of hydrogen-bond donors (Lipinski definition) is 3. The number of alkyl halides is 1. The van der Waals surface area contributed by atoms with Gasteiger partial charge in [-0.1, -0.05) is 0 Å². The molecule has 4 aliphatic heterocycles. The lowest BCUT2D eigenvalue weighted by atomic mass is 10.0. The van der Waals surface area contributed by atoms with E-state index >= 15 is 4.39 Å². The van der Waals surface area contributed by atoms with Crippen molar-refractivity contribution in [3.8, 4) is 23.2 Å². The van der Waals surface area contributed by atoms with Gasteiger partial charge in [0.1, 0.15) is 24.3 Å². The molecule has 14 nitrogen and oxygen atoms in total. The van der Waals surface area contributed by atoms with Crippen LogP contribution in [0.2, 0.25) is 0 Å². The number of nitrogens with zero attached hydrogens (tertiary/aromatic N) is 8. The Morgan fingerprint density at radius 3 is 2.62 bits per heavy atom. The Morgan fingerprint density at radius 1 is 1.13 bits per heavy atom. The number of benzene rings is 2. The highest BCUT2D eigenvalue weighted by atomic mass is 19.1. The first-order valence-electron chi connectivity index (χ1n) is 15.7. The van der Waals surface area contributed by atoms with Crippen LogP contribution in [0.5, 0.6) is 5.75 Å². The zero-order chi connectivity index (χ0) is 32.3. The molecule has 1 aromatic heterocycles. The molecule has 2 atom stereocenters. The number of ether oxygens (including phenoxy) is 2. The van der Waals surface area contributed by atoms with Gasteiger partial charge in [-0.25, -0.2) is 24.8 Å². The second kappa shape index (κ2) is 13.4. The largest absolute Gasteiger partial charge is 0.486 e. The van der Waals surface area contributed by atoms with E-state index in [1.54, 1.807) is 42.0 Å². The Kier molecular flexibility index (Phi) is 8.70. The molecule has 15 heteroatoms. The molecule has 0 aliphatic carbocycles. The first-order valence-corrected chi connectivity index (χ1v) is 15.7. The summed E-state index contributed by atoms with van der Waals surface area (Å²) in [4.78, 5) is 32.3. The van der Waals surface area contributed by atoms with Crippen molar-refractivity contribution in [1.82, 2.24) is 35.2 Å². The normalized spacial score (nSPS) is 21.8. The fourth-order valence-electron chi connectivity index (χ4n) is 6.12. The van der Waals surface area contributed by atoms with E-state index in [4.69, 9.17) is 9.47 Å². The summed E-state index contributed by atoms with van der Waals surface area (Å²) in [5, 5.41) is 14.9. The smallest absolute Gasteiger partial charge is 0.277 e. The molecule has 0 radical (unpaired) electrons. The third-order valence-corrected chi connectivity index (χ3v) is 8.90. The van der Waals surface area contributed by atoms with Crippen LogP contribution in [-0.4, -0.2) is 114 Å². The second-order valence-electron chi connectivity index (χ2n) is 12.0. The molecule has 4 aliphatic rings. The molecule has 244 valence electrons. The summed E-state index contributed by atoms with van der Waals surface area (Å²) < 4.78 is 26.5. The highest BCUT2D eigenvalue weighted by Crippen LogP contribution is 2.29. The van der Waals surface area contributed by atoms with Gasteiger partial charge < -0.3 is 24.6 Å². The van der Waals surface area contributed by atoms with Crippen molar-refractivity contribution in [2.75, 3.05) is 69.7 Å².